The molecule has 0 aromatic heterocycles. The van der Waals surface area contributed by atoms with Gasteiger partial charge in [-0.05, 0) is 6.92 Å². The van der Waals surface area contributed by atoms with Crippen LogP contribution in [0.1, 0.15) is 6.92 Å². The summed E-state index contributed by atoms with van der Waals surface area (Å²) in [7, 11) is -2.44. The van der Waals surface area contributed by atoms with Crippen molar-refractivity contribution in [2.45, 2.75) is 12.5 Å². The molecule has 5 heteroatoms. The molecule has 0 saturated heterocycles. The van der Waals surface area contributed by atoms with Crippen LogP contribution >= 0.6 is 19.9 Å². The molecule has 0 aliphatic carbocycles. The molecule has 0 radical (unpaired) electrons. The van der Waals surface area contributed by atoms with E-state index in [0.29, 0.717) is 0 Å². The average Bonchev–Trinajstić information content (AvgIpc) is 1.63. The van der Waals surface area contributed by atoms with Crippen molar-refractivity contribution in [1.82, 2.24) is 0 Å². The standard InChI is InChI=1S/C4H8ClO3P/c1-3-7-9(6)8-4(2)5/h3-4,9H,1H2,2H3. The first-order valence-corrected chi connectivity index (χ1v) is 3.95. The Morgan fingerprint density at radius 1 is 1.89 bits per heavy atom. The zero-order chi connectivity index (χ0) is 7.28. The highest BCUT2D eigenvalue weighted by molar-refractivity contribution is 7.33. The summed E-state index contributed by atoms with van der Waals surface area (Å²) >= 11 is 5.30. The van der Waals surface area contributed by atoms with E-state index in [1.54, 1.807) is 6.92 Å². The van der Waals surface area contributed by atoms with E-state index < -0.39 is 13.8 Å². The number of rotatable bonds is 4. The molecule has 0 aromatic rings. The maximum atomic E-state index is 10.4. The van der Waals surface area contributed by atoms with Gasteiger partial charge in [-0.2, -0.15) is 0 Å². The lowest BCUT2D eigenvalue weighted by molar-refractivity contribution is 0.260. The van der Waals surface area contributed by atoms with Crippen LogP contribution in [-0.4, -0.2) is 5.56 Å². The number of halogens is 1. The van der Waals surface area contributed by atoms with Crippen LogP contribution < -0.4 is 0 Å². The number of hydrogen-bond acceptors (Lipinski definition) is 3. The van der Waals surface area contributed by atoms with Crippen molar-refractivity contribution in [3.05, 3.63) is 12.8 Å². The molecule has 0 amide bonds. The molecule has 0 aromatic carbocycles. The highest BCUT2D eigenvalue weighted by Crippen LogP contribution is 2.26. The first-order valence-electron chi connectivity index (χ1n) is 2.29. The van der Waals surface area contributed by atoms with Gasteiger partial charge >= 0.3 is 8.25 Å². The van der Waals surface area contributed by atoms with Gasteiger partial charge in [0.15, 0.2) is 0 Å². The summed E-state index contributed by atoms with van der Waals surface area (Å²) in [6, 6.07) is 0. The lowest BCUT2D eigenvalue weighted by Gasteiger charge is -2.02. The summed E-state index contributed by atoms with van der Waals surface area (Å²) in [5.74, 6) is 0. The molecule has 9 heavy (non-hydrogen) atoms. The molecule has 0 heterocycles. The van der Waals surface area contributed by atoms with Crippen LogP contribution in [0, 0.1) is 0 Å². The zero-order valence-corrected chi connectivity index (χ0v) is 6.72. The summed E-state index contributed by atoms with van der Waals surface area (Å²) in [5.41, 5.74) is -0.587. The van der Waals surface area contributed by atoms with Gasteiger partial charge in [0.05, 0.1) is 6.26 Å². The predicted molar refractivity (Wildman–Crippen MR) is 36.7 cm³/mol. The molecule has 0 aliphatic heterocycles. The highest BCUT2D eigenvalue weighted by Gasteiger charge is 2.00. The second-order valence-corrected chi connectivity index (χ2v) is 2.78. The molecule has 0 saturated carbocycles. The van der Waals surface area contributed by atoms with Crippen LogP contribution in [0.4, 0.5) is 0 Å². The fourth-order valence-corrected chi connectivity index (χ4v) is 0.903. The maximum absolute atomic E-state index is 10.4. The van der Waals surface area contributed by atoms with E-state index in [0.717, 1.165) is 6.26 Å². The average molecular weight is 171 g/mol. The van der Waals surface area contributed by atoms with Gasteiger partial charge in [0.25, 0.3) is 0 Å². The van der Waals surface area contributed by atoms with Crippen LogP contribution in [0.5, 0.6) is 0 Å². The van der Waals surface area contributed by atoms with Crippen molar-refractivity contribution >= 4 is 19.9 Å². The molecule has 0 bridgehead atoms. The minimum atomic E-state index is -2.44. The summed E-state index contributed by atoms with van der Waals surface area (Å²) in [6.07, 6.45) is 1.06. The van der Waals surface area contributed by atoms with Gasteiger partial charge in [-0.3, -0.25) is 4.52 Å². The summed E-state index contributed by atoms with van der Waals surface area (Å²) in [6.45, 7) is 4.74. The van der Waals surface area contributed by atoms with Crippen LogP contribution in [-0.2, 0) is 13.6 Å². The van der Waals surface area contributed by atoms with Gasteiger partial charge in [0, 0.05) is 0 Å². The Labute approximate surface area is 59.6 Å². The molecular weight excluding hydrogens is 162 g/mol. The Kier molecular flexibility index (Phi) is 4.87. The third-order valence-electron chi connectivity index (χ3n) is 0.438. The van der Waals surface area contributed by atoms with Crippen molar-refractivity contribution in [1.29, 1.82) is 0 Å². The molecule has 54 valence electrons. The molecule has 0 fully saturated rings. The van der Waals surface area contributed by atoms with Crippen molar-refractivity contribution in [3.63, 3.8) is 0 Å². The third-order valence-corrected chi connectivity index (χ3v) is 1.58. The third kappa shape index (κ3) is 5.90. The van der Waals surface area contributed by atoms with Gasteiger partial charge in [-0.15, -0.1) is 0 Å². The molecule has 0 aliphatic rings. The predicted octanol–water partition coefficient (Wildman–Crippen LogP) is 2.14. The molecule has 3 nitrogen and oxygen atoms in total. The van der Waals surface area contributed by atoms with Crippen molar-refractivity contribution in [2.75, 3.05) is 0 Å². The lowest BCUT2D eigenvalue weighted by Crippen LogP contribution is -1.89. The smallest absolute Gasteiger partial charge is 0.368 e. The summed E-state index contributed by atoms with van der Waals surface area (Å²) < 4.78 is 19.3. The molecule has 0 N–H and O–H groups in total. The topological polar surface area (TPSA) is 35.5 Å². The van der Waals surface area contributed by atoms with Crippen molar-refractivity contribution in [2.24, 2.45) is 0 Å². The van der Waals surface area contributed by atoms with E-state index in [2.05, 4.69) is 15.6 Å². The summed E-state index contributed by atoms with van der Waals surface area (Å²) in [4.78, 5) is 0. The van der Waals surface area contributed by atoms with Crippen LogP contribution in [0.15, 0.2) is 12.8 Å². The monoisotopic (exact) mass is 170 g/mol. The molecule has 0 rings (SSSR count). The molecule has 0 spiro atoms. The van der Waals surface area contributed by atoms with Gasteiger partial charge in [0.2, 0.25) is 0 Å². The van der Waals surface area contributed by atoms with Crippen LogP contribution in [0.25, 0.3) is 0 Å². The quantitative estimate of drug-likeness (QED) is 0.368. The minimum absolute atomic E-state index is 0.587. The van der Waals surface area contributed by atoms with Crippen molar-refractivity contribution < 1.29 is 13.6 Å². The van der Waals surface area contributed by atoms with Gasteiger partial charge in [0.1, 0.15) is 5.56 Å². The Hall–Kier alpha value is 0.0200. The maximum Gasteiger partial charge on any atom is 0.368 e. The zero-order valence-electron chi connectivity index (χ0n) is 4.96. The van der Waals surface area contributed by atoms with Gasteiger partial charge < -0.3 is 4.52 Å². The fraction of sp³-hybridized carbons (Fsp3) is 0.500. The van der Waals surface area contributed by atoms with E-state index >= 15 is 0 Å². The van der Waals surface area contributed by atoms with Gasteiger partial charge in [-0.25, -0.2) is 4.57 Å². The number of hydrogen-bond donors (Lipinski definition) is 0. The first kappa shape index (κ1) is 9.02. The normalized spacial score (nSPS) is 16.2. The van der Waals surface area contributed by atoms with E-state index in [9.17, 15) is 4.57 Å². The Morgan fingerprint density at radius 2 is 2.44 bits per heavy atom. The minimum Gasteiger partial charge on any atom is -0.435 e. The highest BCUT2D eigenvalue weighted by atomic mass is 35.5. The molecular formula is C4H8ClO3P. The first-order chi connectivity index (χ1) is 4.16. The van der Waals surface area contributed by atoms with Crippen LogP contribution in [0.2, 0.25) is 0 Å². The lowest BCUT2D eigenvalue weighted by atomic mass is 10.9. The van der Waals surface area contributed by atoms with E-state index in [4.69, 9.17) is 11.6 Å². The summed E-state index contributed by atoms with van der Waals surface area (Å²) in [5, 5.41) is 0. The van der Waals surface area contributed by atoms with E-state index in [-0.39, 0.29) is 0 Å². The van der Waals surface area contributed by atoms with E-state index in [1.165, 1.54) is 0 Å². The molecule has 2 atom stereocenters. The van der Waals surface area contributed by atoms with E-state index in [1.807, 2.05) is 0 Å². The second kappa shape index (κ2) is 4.86. The second-order valence-electron chi connectivity index (χ2n) is 1.20. The Balaban J connectivity index is 3.38. The van der Waals surface area contributed by atoms with Crippen molar-refractivity contribution in [3.8, 4) is 0 Å². The largest absolute Gasteiger partial charge is 0.435 e. The SMILES string of the molecule is C=CO[PH](=O)OC(C)Cl. The Bertz CT molecular complexity index is 114. The fourth-order valence-electron chi connectivity index (χ4n) is 0.228. The van der Waals surface area contributed by atoms with Crippen LogP contribution in [0.3, 0.4) is 0 Å². The van der Waals surface area contributed by atoms with Gasteiger partial charge in [-0.1, -0.05) is 18.2 Å². The Morgan fingerprint density at radius 3 is 2.78 bits per heavy atom. The molecule has 2 unspecified atom stereocenters. The number of alkyl halides is 1.